The van der Waals surface area contributed by atoms with Crippen molar-refractivity contribution in [3.8, 4) is 11.5 Å². The molecule has 1 aliphatic rings. The fourth-order valence-electron chi connectivity index (χ4n) is 2.90. The van der Waals surface area contributed by atoms with Gasteiger partial charge in [-0.1, -0.05) is 6.07 Å². The molecule has 1 aliphatic heterocycles. The van der Waals surface area contributed by atoms with Crippen LogP contribution in [-0.4, -0.2) is 30.0 Å². The standard InChI is InChI=1S/C19H16N4O4/c24-17(14-6-7-15(22-18(14)25)16-5-2-10-27-16)21-12-3-1-4-13(11-12)23-9-8-20-19(23)26/h1-7,10-11H,8-9H2,(H,20,26)(H,21,24)(H,22,25). The number of pyridine rings is 1. The maximum Gasteiger partial charge on any atom is 0.321 e. The number of benzene rings is 1. The Kier molecular flexibility index (Phi) is 4.21. The van der Waals surface area contributed by atoms with Crippen LogP contribution < -0.4 is 21.1 Å². The summed E-state index contributed by atoms with van der Waals surface area (Å²) in [4.78, 5) is 40.7. The molecule has 1 fully saturated rings. The number of hydrogen-bond donors (Lipinski definition) is 3. The number of carbonyl (C=O) groups is 2. The molecule has 0 saturated carbocycles. The van der Waals surface area contributed by atoms with Crippen LogP contribution in [0.2, 0.25) is 0 Å². The highest BCUT2D eigenvalue weighted by Gasteiger charge is 2.21. The quantitative estimate of drug-likeness (QED) is 0.661. The minimum Gasteiger partial charge on any atom is -0.463 e. The van der Waals surface area contributed by atoms with Gasteiger partial charge >= 0.3 is 6.03 Å². The number of hydrogen-bond acceptors (Lipinski definition) is 4. The van der Waals surface area contributed by atoms with Crippen LogP contribution in [0.5, 0.6) is 0 Å². The Labute approximate surface area is 153 Å². The van der Waals surface area contributed by atoms with Crippen molar-refractivity contribution in [2.75, 3.05) is 23.3 Å². The molecule has 8 heteroatoms. The van der Waals surface area contributed by atoms with Crippen LogP contribution >= 0.6 is 0 Å². The normalized spacial score (nSPS) is 13.5. The van der Waals surface area contributed by atoms with E-state index in [1.54, 1.807) is 47.4 Å². The molecule has 2 aromatic heterocycles. The van der Waals surface area contributed by atoms with Crippen molar-refractivity contribution in [2.24, 2.45) is 0 Å². The summed E-state index contributed by atoms with van der Waals surface area (Å²) in [5, 5.41) is 5.42. The lowest BCUT2D eigenvalue weighted by Crippen LogP contribution is -2.28. The largest absolute Gasteiger partial charge is 0.463 e. The fraction of sp³-hybridized carbons (Fsp3) is 0.105. The van der Waals surface area contributed by atoms with E-state index >= 15 is 0 Å². The van der Waals surface area contributed by atoms with Crippen LogP contribution in [0.1, 0.15) is 10.4 Å². The van der Waals surface area contributed by atoms with E-state index in [9.17, 15) is 14.4 Å². The molecule has 0 unspecified atom stereocenters. The lowest BCUT2D eigenvalue weighted by molar-refractivity contribution is 0.102. The molecule has 136 valence electrons. The number of nitrogens with zero attached hydrogens (tertiary/aromatic N) is 1. The SMILES string of the molecule is O=C(Nc1cccc(N2CCNC2=O)c1)c1ccc(-c2ccco2)[nH]c1=O. The summed E-state index contributed by atoms with van der Waals surface area (Å²) in [7, 11) is 0. The number of anilines is 2. The summed E-state index contributed by atoms with van der Waals surface area (Å²) in [5.74, 6) is -0.0269. The Morgan fingerprint density at radius 3 is 2.70 bits per heavy atom. The fourth-order valence-corrected chi connectivity index (χ4v) is 2.90. The number of nitrogens with one attached hydrogen (secondary N) is 3. The molecular weight excluding hydrogens is 348 g/mol. The molecule has 0 atom stereocenters. The number of urea groups is 1. The van der Waals surface area contributed by atoms with E-state index in [1.807, 2.05) is 0 Å². The predicted molar refractivity (Wildman–Crippen MR) is 99.9 cm³/mol. The van der Waals surface area contributed by atoms with Crippen molar-refractivity contribution in [1.29, 1.82) is 0 Å². The summed E-state index contributed by atoms with van der Waals surface area (Å²) >= 11 is 0. The molecule has 27 heavy (non-hydrogen) atoms. The van der Waals surface area contributed by atoms with Gasteiger partial charge in [0.15, 0.2) is 0 Å². The van der Waals surface area contributed by atoms with Gasteiger partial charge in [-0.25, -0.2) is 4.79 Å². The first-order valence-electron chi connectivity index (χ1n) is 8.36. The topological polar surface area (TPSA) is 107 Å². The van der Waals surface area contributed by atoms with Crippen molar-refractivity contribution in [3.05, 3.63) is 70.7 Å². The number of rotatable bonds is 4. The molecule has 8 nitrogen and oxygen atoms in total. The van der Waals surface area contributed by atoms with E-state index in [0.717, 1.165) is 0 Å². The number of amides is 3. The maximum atomic E-state index is 12.5. The minimum atomic E-state index is -0.537. The Hall–Kier alpha value is -3.81. The van der Waals surface area contributed by atoms with Gasteiger partial charge in [0.1, 0.15) is 11.3 Å². The summed E-state index contributed by atoms with van der Waals surface area (Å²) in [6.45, 7) is 1.14. The average Bonchev–Trinajstić information content (AvgIpc) is 3.33. The highest BCUT2D eigenvalue weighted by atomic mass is 16.3. The van der Waals surface area contributed by atoms with Gasteiger partial charge in [-0.15, -0.1) is 0 Å². The first-order valence-corrected chi connectivity index (χ1v) is 8.36. The van der Waals surface area contributed by atoms with E-state index < -0.39 is 11.5 Å². The number of aromatic nitrogens is 1. The zero-order chi connectivity index (χ0) is 18.8. The van der Waals surface area contributed by atoms with Gasteiger partial charge in [-0.05, 0) is 42.5 Å². The van der Waals surface area contributed by atoms with Gasteiger partial charge in [-0.2, -0.15) is 0 Å². The van der Waals surface area contributed by atoms with Crippen LogP contribution in [0.4, 0.5) is 16.2 Å². The van der Waals surface area contributed by atoms with Gasteiger partial charge in [-0.3, -0.25) is 14.5 Å². The van der Waals surface area contributed by atoms with Crippen LogP contribution in [0, 0.1) is 0 Å². The van der Waals surface area contributed by atoms with Crippen LogP contribution in [0.3, 0.4) is 0 Å². The molecule has 3 aromatic rings. The van der Waals surface area contributed by atoms with E-state index in [0.29, 0.717) is 35.9 Å². The second-order valence-corrected chi connectivity index (χ2v) is 5.98. The molecule has 1 saturated heterocycles. The first kappa shape index (κ1) is 16.6. The van der Waals surface area contributed by atoms with E-state index in [4.69, 9.17) is 4.42 Å². The molecule has 1 aromatic carbocycles. The Morgan fingerprint density at radius 2 is 2.00 bits per heavy atom. The molecule has 0 radical (unpaired) electrons. The first-order chi connectivity index (χ1) is 13.1. The third kappa shape index (κ3) is 3.32. The average molecular weight is 364 g/mol. The molecule has 0 spiro atoms. The number of carbonyl (C=O) groups excluding carboxylic acids is 2. The summed E-state index contributed by atoms with van der Waals surface area (Å²) in [5.41, 5.74) is 1.12. The number of aromatic amines is 1. The van der Waals surface area contributed by atoms with Crippen molar-refractivity contribution >= 4 is 23.3 Å². The molecule has 3 amide bonds. The third-order valence-corrected chi connectivity index (χ3v) is 4.21. The van der Waals surface area contributed by atoms with Gasteiger partial charge in [0.25, 0.3) is 11.5 Å². The highest BCUT2D eigenvalue weighted by Crippen LogP contribution is 2.21. The monoisotopic (exact) mass is 364 g/mol. The summed E-state index contributed by atoms with van der Waals surface area (Å²) < 4.78 is 5.23. The lowest BCUT2D eigenvalue weighted by atomic mass is 10.2. The summed E-state index contributed by atoms with van der Waals surface area (Å²) in [6, 6.07) is 13.2. The third-order valence-electron chi connectivity index (χ3n) is 4.21. The van der Waals surface area contributed by atoms with Gasteiger partial charge in [0.05, 0.1) is 12.0 Å². The Morgan fingerprint density at radius 1 is 1.11 bits per heavy atom. The summed E-state index contributed by atoms with van der Waals surface area (Å²) in [6.07, 6.45) is 1.50. The second kappa shape index (κ2) is 6.83. The lowest BCUT2D eigenvalue weighted by Gasteiger charge is -2.15. The zero-order valence-corrected chi connectivity index (χ0v) is 14.2. The molecular formula is C19H16N4O4. The molecule has 0 aliphatic carbocycles. The highest BCUT2D eigenvalue weighted by molar-refractivity contribution is 6.04. The predicted octanol–water partition coefficient (Wildman–Crippen LogP) is 2.42. The molecule has 4 rings (SSSR count). The molecule has 3 heterocycles. The smallest absolute Gasteiger partial charge is 0.321 e. The van der Waals surface area contributed by atoms with Gasteiger partial charge in [0.2, 0.25) is 0 Å². The van der Waals surface area contributed by atoms with Gasteiger partial charge < -0.3 is 20.0 Å². The van der Waals surface area contributed by atoms with Crippen LogP contribution in [-0.2, 0) is 0 Å². The van der Waals surface area contributed by atoms with Crippen molar-refractivity contribution in [2.45, 2.75) is 0 Å². The zero-order valence-electron chi connectivity index (χ0n) is 14.2. The number of furan rings is 1. The van der Waals surface area contributed by atoms with E-state index in [-0.39, 0.29) is 11.6 Å². The second-order valence-electron chi connectivity index (χ2n) is 5.98. The van der Waals surface area contributed by atoms with E-state index in [1.165, 1.54) is 12.3 Å². The molecule has 0 bridgehead atoms. The number of H-pyrrole nitrogens is 1. The van der Waals surface area contributed by atoms with Crippen LogP contribution in [0.25, 0.3) is 11.5 Å². The van der Waals surface area contributed by atoms with Crippen LogP contribution in [0.15, 0.2) is 64.0 Å². The molecule has 3 N–H and O–H groups in total. The van der Waals surface area contributed by atoms with Crippen molar-refractivity contribution in [3.63, 3.8) is 0 Å². The Balaban J connectivity index is 1.54. The van der Waals surface area contributed by atoms with Crippen molar-refractivity contribution < 1.29 is 14.0 Å². The van der Waals surface area contributed by atoms with Crippen molar-refractivity contribution in [1.82, 2.24) is 10.3 Å². The Bertz CT molecular complexity index is 1060. The minimum absolute atomic E-state index is 0.0189. The van der Waals surface area contributed by atoms with Gasteiger partial charge in [0, 0.05) is 24.5 Å². The van der Waals surface area contributed by atoms with E-state index in [2.05, 4.69) is 15.6 Å². The maximum absolute atomic E-state index is 12.5.